The van der Waals surface area contributed by atoms with Crippen molar-refractivity contribution in [3.8, 4) is 17.2 Å². The molecule has 2 aromatic carbocycles. The summed E-state index contributed by atoms with van der Waals surface area (Å²) >= 11 is 5.98. The number of methoxy groups -OCH3 is 1. The molecule has 2 rings (SSSR count). The molecular formula is C17H16ClF2NO4. The Balaban J connectivity index is 2.07. The van der Waals surface area contributed by atoms with Gasteiger partial charge in [-0.05, 0) is 31.2 Å². The van der Waals surface area contributed by atoms with Crippen molar-refractivity contribution in [2.45, 2.75) is 19.6 Å². The van der Waals surface area contributed by atoms with Gasteiger partial charge in [0.15, 0.2) is 17.6 Å². The number of alkyl halides is 2. The summed E-state index contributed by atoms with van der Waals surface area (Å²) < 4.78 is 39.7. The normalized spacial score (nSPS) is 11.8. The lowest BCUT2D eigenvalue weighted by Crippen LogP contribution is -2.30. The third-order valence-corrected chi connectivity index (χ3v) is 3.47. The van der Waals surface area contributed by atoms with Gasteiger partial charge in [0.2, 0.25) is 0 Å². The SMILES string of the molecule is COc1ccc(NC(=O)C(C)Oc2ccccc2Cl)cc1OC(F)F. The van der Waals surface area contributed by atoms with Gasteiger partial charge in [-0.3, -0.25) is 4.79 Å². The summed E-state index contributed by atoms with van der Waals surface area (Å²) in [6, 6.07) is 10.9. The number of rotatable bonds is 7. The first kappa shape index (κ1) is 18.8. The number of anilines is 1. The first-order chi connectivity index (χ1) is 11.9. The Kier molecular flexibility index (Phi) is 6.41. The average molecular weight is 372 g/mol. The van der Waals surface area contributed by atoms with Gasteiger partial charge in [0.1, 0.15) is 5.75 Å². The molecule has 1 N–H and O–H groups in total. The van der Waals surface area contributed by atoms with Crippen molar-refractivity contribution in [1.29, 1.82) is 0 Å². The molecule has 25 heavy (non-hydrogen) atoms. The Labute approximate surface area is 148 Å². The Hall–Kier alpha value is -2.54. The van der Waals surface area contributed by atoms with Crippen LogP contribution in [0.5, 0.6) is 17.2 Å². The number of carbonyl (C=O) groups is 1. The highest BCUT2D eigenvalue weighted by Gasteiger charge is 2.18. The molecule has 0 spiro atoms. The maximum absolute atomic E-state index is 12.4. The molecule has 0 fully saturated rings. The molecule has 134 valence electrons. The number of amides is 1. The molecular weight excluding hydrogens is 356 g/mol. The van der Waals surface area contributed by atoms with Crippen molar-refractivity contribution in [3.63, 3.8) is 0 Å². The van der Waals surface area contributed by atoms with E-state index in [1.807, 2.05) is 0 Å². The smallest absolute Gasteiger partial charge is 0.387 e. The molecule has 5 nitrogen and oxygen atoms in total. The van der Waals surface area contributed by atoms with E-state index < -0.39 is 18.6 Å². The molecule has 0 aliphatic heterocycles. The van der Waals surface area contributed by atoms with E-state index >= 15 is 0 Å². The fourth-order valence-corrected chi connectivity index (χ4v) is 2.15. The van der Waals surface area contributed by atoms with Crippen molar-refractivity contribution in [1.82, 2.24) is 0 Å². The van der Waals surface area contributed by atoms with Crippen LogP contribution in [0, 0.1) is 0 Å². The van der Waals surface area contributed by atoms with Crippen molar-refractivity contribution in [3.05, 3.63) is 47.5 Å². The highest BCUT2D eigenvalue weighted by molar-refractivity contribution is 6.32. The van der Waals surface area contributed by atoms with Crippen LogP contribution in [0.4, 0.5) is 14.5 Å². The summed E-state index contributed by atoms with van der Waals surface area (Å²) in [4.78, 5) is 12.2. The molecule has 0 radical (unpaired) electrons. The van der Waals surface area contributed by atoms with E-state index in [1.54, 1.807) is 31.2 Å². The van der Waals surface area contributed by atoms with E-state index in [0.29, 0.717) is 10.8 Å². The average Bonchev–Trinajstić information content (AvgIpc) is 2.56. The minimum Gasteiger partial charge on any atom is -0.493 e. The molecule has 0 saturated carbocycles. The molecule has 0 aliphatic carbocycles. The van der Waals surface area contributed by atoms with Crippen LogP contribution in [0.15, 0.2) is 42.5 Å². The molecule has 1 atom stereocenters. The van der Waals surface area contributed by atoms with E-state index in [-0.39, 0.29) is 17.2 Å². The van der Waals surface area contributed by atoms with Crippen molar-refractivity contribution in [2.24, 2.45) is 0 Å². The van der Waals surface area contributed by atoms with Crippen LogP contribution in [-0.2, 0) is 4.79 Å². The van der Waals surface area contributed by atoms with Gasteiger partial charge in [0, 0.05) is 11.8 Å². The topological polar surface area (TPSA) is 56.8 Å². The minimum atomic E-state index is -3.01. The first-order valence-corrected chi connectivity index (χ1v) is 7.63. The van der Waals surface area contributed by atoms with Gasteiger partial charge < -0.3 is 19.5 Å². The molecule has 0 saturated heterocycles. The van der Waals surface area contributed by atoms with Gasteiger partial charge in [-0.2, -0.15) is 8.78 Å². The summed E-state index contributed by atoms with van der Waals surface area (Å²) in [5, 5.41) is 2.93. The largest absolute Gasteiger partial charge is 0.493 e. The number of nitrogens with one attached hydrogen (secondary N) is 1. The van der Waals surface area contributed by atoms with Crippen molar-refractivity contribution >= 4 is 23.2 Å². The second-order valence-electron chi connectivity index (χ2n) is 4.92. The number of ether oxygens (including phenoxy) is 3. The molecule has 8 heteroatoms. The summed E-state index contributed by atoms with van der Waals surface area (Å²) in [7, 11) is 1.32. The number of hydrogen-bond acceptors (Lipinski definition) is 4. The monoisotopic (exact) mass is 371 g/mol. The number of para-hydroxylation sites is 1. The maximum Gasteiger partial charge on any atom is 0.387 e. The molecule has 2 aromatic rings. The summed E-state index contributed by atoms with van der Waals surface area (Å²) in [5.74, 6) is -0.176. The van der Waals surface area contributed by atoms with Crippen LogP contribution < -0.4 is 19.5 Å². The lowest BCUT2D eigenvalue weighted by Gasteiger charge is -2.16. The Morgan fingerprint density at radius 3 is 2.44 bits per heavy atom. The summed E-state index contributed by atoms with van der Waals surface area (Å²) in [5.41, 5.74) is 0.260. The molecule has 0 aliphatic rings. The first-order valence-electron chi connectivity index (χ1n) is 7.25. The Morgan fingerprint density at radius 1 is 1.08 bits per heavy atom. The van der Waals surface area contributed by atoms with E-state index in [2.05, 4.69) is 10.1 Å². The predicted octanol–water partition coefficient (Wildman–Crippen LogP) is 4.36. The maximum atomic E-state index is 12.4. The Morgan fingerprint density at radius 2 is 1.80 bits per heavy atom. The zero-order valence-corrected chi connectivity index (χ0v) is 14.2. The minimum absolute atomic E-state index is 0.124. The van der Waals surface area contributed by atoms with Crippen molar-refractivity contribution in [2.75, 3.05) is 12.4 Å². The van der Waals surface area contributed by atoms with E-state index in [9.17, 15) is 13.6 Å². The van der Waals surface area contributed by atoms with Crippen LogP contribution in [-0.4, -0.2) is 25.7 Å². The molecule has 0 aromatic heterocycles. The standard InChI is InChI=1S/C17H16ClF2NO4/c1-10(24-13-6-4-3-5-12(13)18)16(22)21-11-7-8-14(23-2)15(9-11)25-17(19)20/h3-10,17H,1-2H3,(H,21,22). The lowest BCUT2D eigenvalue weighted by molar-refractivity contribution is -0.122. The van der Waals surface area contributed by atoms with Crippen LogP contribution in [0.25, 0.3) is 0 Å². The molecule has 0 bridgehead atoms. The van der Waals surface area contributed by atoms with Crippen LogP contribution >= 0.6 is 11.6 Å². The fraction of sp³-hybridized carbons (Fsp3) is 0.235. The van der Waals surface area contributed by atoms with E-state index in [4.69, 9.17) is 21.1 Å². The van der Waals surface area contributed by atoms with Gasteiger partial charge in [0.05, 0.1) is 12.1 Å². The molecule has 1 amide bonds. The van der Waals surface area contributed by atoms with Crippen LogP contribution in [0.1, 0.15) is 6.92 Å². The Bertz CT molecular complexity index is 742. The quantitative estimate of drug-likeness (QED) is 0.785. The van der Waals surface area contributed by atoms with E-state index in [0.717, 1.165) is 0 Å². The van der Waals surface area contributed by atoms with Crippen LogP contribution in [0.2, 0.25) is 5.02 Å². The third kappa shape index (κ3) is 5.22. The number of halogens is 3. The zero-order valence-electron chi connectivity index (χ0n) is 13.5. The lowest BCUT2D eigenvalue weighted by atomic mass is 10.2. The van der Waals surface area contributed by atoms with Crippen LogP contribution in [0.3, 0.4) is 0 Å². The number of benzene rings is 2. The van der Waals surface area contributed by atoms with Crippen molar-refractivity contribution < 1.29 is 27.8 Å². The van der Waals surface area contributed by atoms with Gasteiger partial charge >= 0.3 is 6.61 Å². The third-order valence-electron chi connectivity index (χ3n) is 3.16. The van der Waals surface area contributed by atoms with Gasteiger partial charge in [-0.15, -0.1) is 0 Å². The highest BCUT2D eigenvalue weighted by Crippen LogP contribution is 2.31. The zero-order chi connectivity index (χ0) is 18.4. The van der Waals surface area contributed by atoms with Gasteiger partial charge in [-0.1, -0.05) is 23.7 Å². The number of carbonyl (C=O) groups excluding carboxylic acids is 1. The summed E-state index contributed by atoms with van der Waals surface area (Å²) in [6.45, 7) is -1.47. The second kappa shape index (κ2) is 8.53. The molecule has 0 heterocycles. The van der Waals surface area contributed by atoms with E-state index in [1.165, 1.54) is 25.3 Å². The summed E-state index contributed by atoms with van der Waals surface area (Å²) in [6.07, 6.45) is -0.860. The second-order valence-corrected chi connectivity index (χ2v) is 5.33. The fourth-order valence-electron chi connectivity index (χ4n) is 1.97. The number of hydrogen-bond donors (Lipinski definition) is 1. The van der Waals surface area contributed by atoms with Gasteiger partial charge in [-0.25, -0.2) is 0 Å². The highest BCUT2D eigenvalue weighted by atomic mass is 35.5. The predicted molar refractivity (Wildman–Crippen MR) is 89.8 cm³/mol. The van der Waals surface area contributed by atoms with Gasteiger partial charge in [0.25, 0.3) is 5.91 Å². The molecule has 1 unspecified atom stereocenters.